The summed E-state index contributed by atoms with van der Waals surface area (Å²) in [6.45, 7) is 9.23. The third-order valence-corrected chi connectivity index (χ3v) is 5.14. The van der Waals surface area contributed by atoms with Gasteiger partial charge in [0.2, 0.25) is 5.91 Å². The van der Waals surface area contributed by atoms with Gasteiger partial charge in [0.15, 0.2) is 0 Å². The smallest absolute Gasteiger partial charge is 0.314 e. The van der Waals surface area contributed by atoms with E-state index >= 15 is 0 Å². The molecule has 1 aliphatic heterocycles. The predicted molar refractivity (Wildman–Crippen MR) is 94.8 cm³/mol. The van der Waals surface area contributed by atoms with Gasteiger partial charge in [-0.05, 0) is 30.7 Å². The zero-order chi connectivity index (χ0) is 18.0. The summed E-state index contributed by atoms with van der Waals surface area (Å²) in [5.74, 6) is -0.193. The minimum atomic E-state index is -0.875. The van der Waals surface area contributed by atoms with Crippen LogP contribution in [0.2, 0.25) is 0 Å². The number of piperidine rings is 1. The molecule has 4 heteroatoms. The van der Waals surface area contributed by atoms with Crippen molar-refractivity contribution in [1.82, 2.24) is 4.90 Å². The van der Waals surface area contributed by atoms with Gasteiger partial charge in [-0.1, -0.05) is 58.0 Å². The second-order valence-corrected chi connectivity index (χ2v) is 8.03. The predicted octanol–water partition coefficient (Wildman–Crippen LogP) is 3.70. The van der Waals surface area contributed by atoms with Crippen molar-refractivity contribution in [3.8, 4) is 0 Å². The molecular weight excluding hydrogens is 302 g/mol. The van der Waals surface area contributed by atoms with Crippen LogP contribution in [0.4, 0.5) is 0 Å². The number of likely N-dealkylation sites (tertiary alicyclic amines) is 1. The summed E-state index contributed by atoms with van der Waals surface area (Å²) in [7, 11) is 0. The maximum absolute atomic E-state index is 12.9. The highest BCUT2D eigenvalue weighted by Gasteiger charge is 2.45. The van der Waals surface area contributed by atoms with Gasteiger partial charge in [-0.2, -0.15) is 0 Å². The number of carboxylic acid groups (broad SMARTS) is 1. The first kappa shape index (κ1) is 18.5. The van der Waals surface area contributed by atoms with E-state index in [1.54, 1.807) is 0 Å². The van der Waals surface area contributed by atoms with Gasteiger partial charge in [0.25, 0.3) is 0 Å². The lowest BCUT2D eigenvalue weighted by Crippen LogP contribution is -2.52. The van der Waals surface area contributed by atoms with Crippen molar-refractivity contribution in [2.45, 2.75) is 52.4 Å². The fraction of sp³-hybridized carbons (Fsp3) is 0.600. The van der Waals surface area contributed by atoms with Crippen molar-refractivity contribution in [1.29, 1.82) is 0 Å². The molecule has 1 aliphatic rings. The Labute approximate surface area is 144 Å². The summed E-state index contributed by atoms with van der Waals surface area (Å²) in [6, 6.07) is 9.42. The topological polar surface area (TPSA) is 57.6 Å². The molecule has 0 unspecified atom stereocenters. The van der Waals surface area contributed by atoms with E-state index in [-0.39, 0.29) is 5.91 Å². The number of benzene rings is 1. The molecule has 1 N–H and O–H groups in total. The molecule has 0 atom stereocenters. The number of carbonyl (C=O) groups excluding carboxylic acids is 1. The average Bonchev–Trinajstić information content (AvgIpc) is 2.53. The Morgan fingerprint density at radius 1 is 1.17 bits per heavy atom. The van der Waals surface area contributed by atoms with Crippen LogP contribution in [0.3, 0.4) is 0 Å². The van der Waals surface area contributed by atoms with Crippen LogP contribution >= 0.6 is 0 Å². The standard InChI is InChI=1S/C20H29NO3/c1-15(2)14-19(3,4)17(22)21-12-10-20(11-13-21,18(23)24)16-8-6-5-7-9-16/h5-9,15H,10-14H2,1-4H3,(H,23,24). The SMILES string of the molecule is CC(C)CC(C)(C)C(=O)N1CCC(C(=O)O)(c2ccccc2)CC1. The number of carbonyl (C=O) groups is 2. The minimum Gasteiger partial charge on any atom is -0.481 e. The summed E-state index contributed by atoms with van der Waals surface area (Å²) >= 11 is 0. The molecule has 0 radical (unpaired) electrons. The number of amides is 1. The molecular formula is C20H29NO3. The number of hydrogen-bond acceptors (Lipinski definition) is 2. The fourth-order valence-corrected chi connectivity index (χ4v) is 4.01. The van der Waals surface area contributed by atoms with Crippen molar-refractivity contribution in [2.24, 2.45) is 11.3 Å². The van der Waals surface area contributed by atoms with Crippen LogP contribution in [0.1, 0.15) is 52.5 Å². The molecule has 1 fully saturated rings. The van der Waals surface area contributed by atoms with E-state index in [9.17, 15) is 14.7 Å². The molecule has 1 heterocycles. The average molecular weight is 331 g/mol. The largest absolute Gasteiger partial charge is 0.481 e. The number of carboxylic acids is 1. The van der Waals surface area contributed by atoms with Gasteiger partial charge >= 0.3 is 5.97 Å². The molecule has 1 saturated heterocycles. The second-order valence-electron chi connectivity index (χ2n) is 8.03. The molecule has 0 aliphatic carbocycles. The van der Waals surface area contributed by atoms with Crippen LogP contribution in [-0.4, -0.2) is 35.0 Å². The van der Waals surface area contributed by atoms with Gasteiger partial charge in [0, 0.05) is 18.5 Å². The Hall–Kier alpha value is -1.84. The third kappa shape index (κ3) is 3.63. The van der Waals surface area contributed by atoms with E-state index in [1.165, 1.54) is 0 Å². The number of aliphatic carboxylic acids is 1. The summed E-state index contributed by atoms with van der Waals surface area (Å²) in [4.78, 5) is 26.7. The molecule has 0 bridgehead atoms. The van der Waals surface area contributed by atoms with Gasteiger partial charge in [-0.3, -0.25) is 9.59 Å². The Balaban J connectivity index is 2.14. The normalized spacial score (nSPS) is 17.8. The number of nitrogens with zero attached hydrogens (tertiary/aromatic N) is 1. The third-order valence-electron chi connectivity index (χ3n) is 5.14. The maximum Gasteiger partial charge on any atom is 0.314 e. The van der Waals surface area contributed by atoms with Crippen LogP contribution < -0.4 is 0 Å². The quantitative estimate of drug-likeness (QED) is 0.895. The van der Waals surface area contributed by atoms with Gasteiger partial charge in [0.05, 0.1) is 5.41 Å². The van der Waals surface area contributed by atoms with Crippen LogP contribution in [-0.2, 0) is 15.0 Å². The number of rotatable bonds is 5. The first-order valence-electron chi connectivity index (χ1n) is 8.77. The van der Waals surface area contributed by atoms with E-state index in [0.717, 1.165) is 12.0 Å². The van der Waals surface area contributed by atoms with E-state index in [2.05, 4.69) is 13.8 Å². The second kappa shape index (κ2) is 6.96. The lowest BCUT2D eigenvalue weighted by Gasteiger charge is -2.42. The van der Waals surface area contributed by atoms with Gasteiger partial charge in [-0.15, -0.1) is 0 Å². The molecule has 0 aromatic heterocycles. The lowest BCUT2D eigenvalue weighted by molar-refractivity contribution is -0.151. The van der Waals surface area contributed by atoms with Crippen LogP contribution in [0.15, 0.2) is 30.3 Å². The van der Waals surface area contributed by atoms with Crippen LogP contribution in [0, 0.1) is 11.3 Å². The first-order valence-corrected chi connectivity index (χ1v) is 8.77. The van der Waals surface area contributed by atoms with E-state index < -0.39 is 16.8 Å². The summed E-state index contributed by atoms with van der Waals surface area (Å²) in [6.07, 6.45) is 1.77. The summed E-state index contributed by atoms with van der Waals surface area (Å²) < 4.78 is 0. The monoisotopic (exact) mass is 331 g/mol. The highest BCUT2D eigenvalue weighted by molar-refractivity contribution is 5.84. The summed E-state index contributed by atoms with van der Waals surface area (Å²) in [5.41, 5.74) is -0.435. The van der Waals surface area contributed by atoms with E-state index in [0.29, 0.717) is 31.8 Å². The fourth-order valence-electron chi connectivity index (χ4n) is 4.01. The van der Waals surface area contributed by atoms with Crippen molar-refractivity contribution in [2.75, 3.05) is 13.1 Å². The lowest BCUT2D eigenvalue weighted by atomic mass is 9.72. The molecule has 4 nitrogen and oxygen atoms in total. The molecule has 1 amide bonds. The first-order chi connectivity index (χ1) is 11.2. The molecule has 1 aromatic carbocycles. The van der Waals surface area contributed by atoms with Gasteiger partial charge < -0.3 is 10.0 Å². The molecule has 0 spiro atoms. The van der Waals surface area contributed by atoms with Crippen molar-refractivity contribution in [3.05, 3.63) is 35.9 Å². The Morgan fingerprint density at radius 3 is 2.17 bits per heavy atom. The Bertz CT molecular complexity index is 584. The van der Waals surface area contributed by atoms with Gasteiger partial charge in [0.1, 0.15) is 0 Å². The number of hydrogen-bond donors (Lipinski definition) is 1. The molecule has 24 heavy (non-hydrogen) atoms. The zero-order valence-electron chi connectivity index (χ0n) is 15.2. The highest BCUT2D eigenvalue weighted by atomic mass is 16.4. The maximum atomic E-state index is 12.9. The van der Waals surface area contributed by atoms with Crippen molar-refractivity contribution in [3.63, 3.8) is 0 Å². The Kier molecular flexibility index (Phi) is 5.36. The molecule has 132 valence electrons. The minimum absolute atomic E-state index is 0.142. The zero-order valence-corrected chi connectivity index (χ0v) is 15.2. The highest BCUT2D eigenvalue weighted by Crippen LogP contribution is 2.37. The molecule has 1 aromatic rings. The Morgan fingerprint density at radius 2 is 1.71 bits per heavy atom. The van der Waals surface area contributed by atoms with Crippen LogP contribution in [0.5, 0.6) is 0 Å². The van der Waals surface area contributed by atoms with Crippen LogP contribution in [0.25, 0.3) is 0 Å². The van der Waals surface area contributed by atoms with E-state index in [4.69, 9.17) is 0 Å². The van der Waals surface area contributed by atoms with E-state index in [1.807, 2.05) is 49.1 Å². The van der Waals surface area contributed by atoms with Crippen molar-refractivity contribution >= 4 is 11.9 Å². The summed E-state index contributed by atoms with van der Waals surface area (Å²) in [5, 5.41) is 9.84. The van der Waals surface area contributed by atoms with Gasteiger partial charge in [-0.25, -0.2) is 0 Å². The molecule has 0 saturated carbocycles. The molecule has 2 rings (SSSR count). The van der Waals surface area contributed by atoms with Crippen molar-refractivity contribution < 1.29 is 14.7 Å².